The highest BCUT2D eigenvalue weighted by molar-refractivity contribution is 5.89. The molecule has 2 heterocycles. The van der Waals surface area contributed by atoms with Crippen molar-refractivity contribution < 1.29 is 18.0 Å². The molecule has 1 aliphatic carbocycles. The quantitative estimate of drug-likeness (QED) is 0.570. The number of anilines is 1. The zero-order valence-electron chi connectivity index (χ0n) is 16.7. The first-order valence-electron chi connectivity index (χ1n) is 10.1. The fourth-order valence-corrected chi connectivity index (χ4v) is 3.79. The lowest BCUT2D eigenvalue weighted by Crippen LogP contribution is -2.28. The van der Waals surface area contributed by atoms with Gasteiger partial charge in [-0.3, -0.25) is 9.67 Å². The van der Waals surface area contributed by atoms with Gasteiger partial charge in [0.05, 0.1) is 29.5 Å². The minimum atomic E-state index is -4.41. The number of carbonyl (C=O) groups excluding carboxylic acids is 1. The monoisotopic (exact) mass is 429 g/mol. The molecule has 0 unspecified atom stereocenters. The lowest BCUT2D eigenvalue weighted by molar-refractivity contribution is -0.137. The summed E-state index contributed by atoms with van der Waals surface area (Å²) in [6.07, 6.45) is 3.54. The number of nitrogens with one attached hydrogen (secondary N) is 2. The van der Waals surface area contributed by atoms with Crippen LogP contribution in [0.2, 0.25) is 0 Å². The first-order valence-corrected chi connectivity index (χ1v) is 10.1. The molecular formula is C22H22F3N5O. The molecule has 6 nitrogen and oxygen atoms in total. The van der Waals surface area contributed by atoms with Gasteiger partial charge >= 0.3 is 12.2 Å². The molecule has 0 spiro atoms. The minimum Gasteiger partial charge on any atom is -0.332 e. The third-order valence-corrected chi connectivity index (χ3v) is 5.33. The number of rotatable bonds is 5. The number of alkyl halides is 3. The van der Waals surface area contributed by atoms with Crippen LogP contribution in [0.3, 0.4) is 0 Å². The first kappa shape index (κ1) is 20.9. The number of aromatic nitrogens is 3. The van der Waals surface area contributed by atoms with Gasteiger partial charge < -0.3 is 10.6 Å². The van der Waals surface area contributed by atoms with Crippen LogP contribution in [0, 0.1) is 0 Å². The molecule has 1 aromatic carbocycles. The number of carbonyl (C=O) groups is 1. The van der Waals surface area contributed by atoms with E-state index in [4.69, 9.17) is 5.10 Å². The molecule has 3 aromatic rings. The molecule has 162 valence electrons. The standard InChI is InChI=1S/C22H22F3N5O/c23-22(24,25)16-5-7-17(8-6-16)28-21(31)27-14-18-13-20(15-9-11-26-12-10-15)30(29-18)19-3-1-2-4-19/h5-13,19H,1-4,14H2,(H2,27,28,31). The van der Waals surface area contributed by atoms with Crippen LogP contribution in [0.25, 0.3) is 11.3 Å². The normalized spacial score (nSPS) is 14.5. The number of hydrogen-bond acceptors (Lipinski definition) is 3. The fraction of sp³-hybridized carbons (Fsp3) is 0.318. The van der Waals surface area contributed by atoms with Crippen LogP contribution in [-0.4, -0.2) is 20.8 Å². The predicted octanol–water partition coefficient (Wildman–Crippen LogP) is 5.40. The molecule has 0 bridgehead atoms. The molecule has 1 saturated carbocycles. The van der Waals surface area contributed by atoms with E-state index in [9.17, 15) is 18.0 Å². The van der Waals surface area contributed by atoms with Gasteiger partial charge in [0.2, 0.25) is 0 Å². The van der Waals surface area contributed by atoms with Crippen molar-refractivity contribution in [1.82, 2.24) is 20.1 Å². The van der Waals surface area contributed by atoms with Gasteiger partial charge in [-0.25, -0.2) is 4.79 Å². The van der Waals surface area contributed by atoms with Crippen LogP contribution in [0.15, 0.2) is 54.9 Å². The van der Waals surface area contributed by atoms with Crippen molar-refractivity contribution in [2.75, 3.05) is 5.32 Å². The van der Waals surface area contributed by atoms with Gasteiger partial charge in [-0.2, -0.15) is 18.3 Å². The van der Waals surface area contributed by atoms with E-state index in [0.29, 0.717) is 11.7 Å². The number of halogens is 3. The SMILES string of the molecule is O=C(NCc1cc(-c2ccncc2)n(C2CCCC2)n1)Nc1ccc(C(F)(F)F)cc1. The highest BCUT2D eigenvalue weighted by Gasteiger charge is 2.30. The van der Waals surface area contributed by atoms with Crippen molar-refractivity contribution in [2.24, 2.45) is 0 Å². The Balaban J connectivity index is 1.43. The molecule has 2 amide bonds. The lowest BCUT2D eigenvalue weighted by Gasteiger charge is -2.14. The van der Waals surface area contributed by atoms with E-state index in [-0.39, 0.29) is 12.2 Å². The second-order valence-corrected chi connectivity index (χ2v) is 7.52. The maximum Gasteiger partial charge on any atom is 0.416 e. The molecule has 1 fully saturated rings. The lowest BCUT2D eigenvalue weighted by atomic mass is 10.1. The highest BCUT2D eigenvalue weighted by atomic mass is 19.4. The molecule has 2 N–H and O–H groups in total. The van der Waals surface area contributed by atoms with Crippen molar-refractivity contribution in [3.05, 3.63) is 66.1 Å². The number of nitrogens with zero attached hydrogens (tertiary/aromatic N) is 3. The van der Waals surface area contributed by atoms with Gasteiger partial charge in [-0.1, -0.05) is 12.8 Å². The average Bonchev–Trinajstić information content (AvgIpc) is 3.42. The van der Waals surface area contributed by atoms with Crippen LogP contribution < -0.4 is 10.6 Å². The Morgan fingerprint density at radius 2 is 1.74 bits per heavy atom. The Kier molecular flexibility index (Phi) is 5.92. The fourth-order valence-electron chi connectivity index (χ4n) is 3.79. The van der Waals surface area contributed by atoms with Gasteiger partial charge in [0, 0.05) is 23.6 Å². The summed E-state index contributed by atoms with van der Waals surface area (Å²) in [5.41, 5.74) is 2.21. The summed E-state index contributed by atoms with van der Waals surface area (Å²) in [5, 5.41) is 9.97. The maximum absolute atomic E-state index is 12.6. The Labute approximate surface area is 177 Å². The first-order chi connectivity index (χ1) is 14.9. The molecule has 0 atom stereocenters. The van der Waals surface area contributed by atoms with Gasteiger partial charge in [-0.05, 0) is 55.3 Å². The molecule has 2 aromatic heterocycles. The van der Waals surface area contributed by atoms with Crippen LogP contribution in [0.4, 0.5) is 23.7 Å². The van der Waals surface area contributed by atoms with E-state index < -0.39 is 17.8 Å². The van der Waals surface area contributed by atoms with Gasteiger partial charge in [0.1, 0.15) is 0 Å². The molecule has 4 rings (SSSR count). The third kappa shape index (κ3) is 5.04. The number of benzene rings is 1. The molecule has 0 aliphatic heterocycles. The van der Waals surface area contributed by atoms with Crippen LogP contribution in [0.1, 0.15) is 43.0 Å². The molecule has 0 saturated heterocycles. The smallest absolute Gasteiger partial charge is 0.332 e. The van der Waals surface area contributed by atoms with Crippen molar-refractivity contribution in [3.8, 4) is 11.3 Å². The van der Waals surface area contributed by atoms with E-state index in [2.05, 4.69) is 15.6 Å². The van der Waals surface area contributed by atoms with Gasteiger partial charge in [0.25, 0.3) is 0 Å². The third-order valence-electron chi connectivity index (χ3n) is 5.33. The topological polar surface area (TPSA) is 71.8 Å². The van der Waals surface area contributed by atoms with Gasteiger partial charge in [0.15, 0.2) is 0 Å². The summed E-state index contributed by atoms with van der Waals surface area (Å²) >= 11 is 0. The molecule has 31 heavy (non-hydrogen) atoms. The van der Waals surface area contributed by atoms with Crippen LogP contribution in [-0.2, 0) is 12.7 Å². The molecule has 0 radical (unpaired) electrons. The van der Waals surface area contributed by atoms with Crippen LogP contribution >= 0.6 is 0 Å². The summed E-state index contributed by atoms with van der Waals surface area (Å²) in [7, 11) is 0. The minimum absolute atomic E-state index is 0.199. The molecule has 9 heteroatoms. The number of hydrogen-bond donors (Lipinski definition) is 2. The second-order valence-electron chi connectivity index (χ2n) is 7.52. The van der Waals surface area contributed by atoms with Crippen molar-refractivity contribution >= 4 is 11.7 Å². The Bertz CT molecular complexity index is 1030. The summed E-state index contributed by atoms with van der Waals surface area (Å²) in [6, 6.07) is 9.93. The molecular weight excluding hydrogens is 407 g/mol. The summed E-state index contributed by atoms with van der Waals surface area (Å²) in [4.78, 5) is 16.3. The zero-order valence-corrected chi connectivity index (χ0v) is 16.7. The molecule has 1 aliphatic rings. The van der Waals surface area contributed by atoms with E-state index in [0.717, 1.165) is 36.2 Å². The Hall–Kier alpha value is -3.36. The van der Waals surface area contributed by atoms with Crippen molar-refractivity contribution in [2.45, 2.75) is 44.4 Å². The zero-order chi connectivity index (χ0) is 21.8. The number of amides is 2. The highest BCUT2D eigenvalue weighted by Crippen LogP contribution is 2.33. The maximum atomic E-state index is 12.6. The number of pyridine rings is 1. The number of urea groups is 1. The summed E-state index contributed by atoms with van der Waals surface area (Å²) in [5.74, 6) is 0. The van der Waals surface area contributed by atoms with Crippen molar-refractivity contribution in [3.63, 3.8) is 0 Å². The average molecular weight is 429 g/mol. The van der Waals surface area contributed by atoms with Gasteiger partial charge in [-0.15, -0.1) is 0 Å². The van der Waals surface area contributed by atoms with Crippen molar-refractivity contribution in [1.29, 1.82) is 0 Å². The van der Waals surface area contributed by atoms with E-state index in [1.165, 1.54) is 25.0 Å². The van der Waals surface area contributed by atoms with E-state index in [1.54, 1.807) is 12.4 Å². The summed E-state index contributed by atoms with van der Waals surface area (Å²) < 4.78 is 40.0. The summed E-state index contributed by atoms with van der Waals surface area (Å²) in [6.45, 7) is 0.199. The van der Waals surface area contributed by atoms with E-state index in [1.807, 2.05) is 22.9 Å². The predicted molar refractivity (Wildman–Crippen MR) is 110 cm³/mol. The van der Waals surface area contributed by atoms with Crippen LogP contribution in [0.5, 0.6) is 0 Å². The Morgan fingerprint density at radius 1 is 1.06 bits per heavy atom. The Morgan fingerprint density at radius 3 is 2.39 bits per heavy atom. The largest absolute Gasteiger partial charge is 0.416 e. The van der Waals surface area contributed by atoms with E-state index >= 15 is 0 Å². The second kappa shape index (κ2) is 8.79.